The van der Waals surface area contributed by atoms with Gasteiger partial charge in [0.1, 0.15) is 11.7 Å². The summed E-state index contributed by atoms with van der Waals surface area (Å²) in [4.78, 5) is 3.36. The van der Waals surface area contributed by atoms with E-state index in [-0.39, 0.29) is 5.92 Å². The van der Waals surface area contributed by atoms with Crippen molar-refractivity contribution in [1.29, 1.82) is 10.5 Å². The number of nitrogens with zero attached hydrogens (tertiary/aromatic N) is 2. The lowest BCUT2D eigenvalue weighted by Gasteiger charge is -2.19. The molecule has 1 N–H and O–H groups in total. The second kappa shape index (κ2) is 6.48. The van der Waals surface area contributed by atoms with Crippen LogP contribution in [0.4, 0.5) is 0 Å². The first-order chi connectivity index (χ1) is 11.7. The Morgan fingerprint density at radius 3 is 2.50 bits per heavy atom. The van der Waals surface area contributed by atoms with Crippen molar-refractivity contribution in [3.8, 4) is 17.9 Å². The smallest absolute Gasteiger partial charge is 0.144 e. The maximum absolute atomic E-state index is 9.53. The molecule has 0 spiro atoms. The van der Waals surface area contributed by atoms with Gasteiger partial charge >= 0.3 is 0 Å². The van der Waals surface area contributed by atoms with Gasteiger partial charge in [-0.05, 0) is 36.2 Å². The standard InChI is InChI=1S/C20H17N3O/c1-13-19(17-8-3-4-9-18(17)23-13)20(15(11-21)12-22)14-6-5-7-16(10-14)24-2/h3-10,15,20,23H,1-2H3/t20-/m1/s1. The molecule has 0 unspecified atom stereocenters. The molecule has 118 valence electrons. The third-order valence-electron chi connectivity index (χ3n) is 4.32. The summed E-state index contributed by atoms with van der Waals surface area (Å²) in [6.07, 6.45) is 0. The number of nitriles is 2. The predicted molar refractivity (Wildman–Crippen MR) is 92.6 cm³/mol. The van der Waals surface area contributed by atoms with Gasteiger partial charge in [-0.25, -0.2) is 0 Å². The Kier molecular flexibility index (Phi) is 4.22. The summed E-state index contributed by atoms with van der Waals surface area (Å²) in [7, 11) is 1.61. The number of para-hydroxylation sites is 1. The Balaban J connectivity index is 2.27. The Labute approximate surface area is 140 Å². The van der Waals surface area contributed by atoms with Crippen LogP contribution in [0.2, 0.25) is 0 Å². The van der Waals surface area contributed by atoms with E-state index in [0.29, 0.717) is 5.75 Å². The van der Waals surface area contributed by atoms with E-state index in [0.717, 1.165) is 27.7 Å². The molecule has 24 heavy (non-hydrogen) atoms. The van der Waals surface area contributed by atoms with Crippen LogP contribution < -0.4 is 4.74 Å². The van der Waals surface area contributed by atoms with Crippen molar-refractivity contribution >= 4 is 10.9 Å². The summed E-state index contributed by atoms with van der Waals surface area (Å²) < 4.78 is 5.31. The van der Waals surface area contributed by atoms with Crippen molar-refractivity contribution < 1.29 is 4.74 Å². The molecule has 4 heteroatoms. The number of H-pyrrole nitrogens is 1. The number of hydrogen-bond acceptors (Lipinski definition) is 3. The second-order valence-electron chi connectivity index (χ2n) is 5.70. The van der Waals surface area contributed by atoms with E-state index in [1.54, 1.807) is 7.11 Å². The molecule has 0 amide bonds. The van der Waals surface area contributed by atoms with Crippen LogP contribution in [0, 0.1) is 35.5 Å². The minimum atomic E-state index is -0.782. The number of aromatic amines is 1. The van der Waals surface area contributed by atoms with E-state index in [1.165, 1.54) is 0 Å². The lowest BCUT2D eigenvalue weighted by atomic mass is 9.80. The van der Waals surface area contributed by atoms with Crippen molar-refractivity contribution in [3.05, 3.63) is 65.4 Å². The van der Waals surface area contributed by atoms with Gasteiger partial charge in [0.2, 0.25) is 0 Å². The summed E-state index contributed by atoms with van der Waals surface area (Å²) in [5, 5.41) is 20.1. The molecule has 3 aromatic rings. The van der Waals surface area contributed by atoms with Gasteiger partial charge in [-0.2, -0.15) is 10.5 Å². The van der Waals surface area contributed by atoms with Crippen LogP contribution in [0.15, 0.2) is 48.5 Å². The molecule has 0 saturated carbocycles. The lowest BCUT2D eigenvalue weighted by Crippen LogP contribution is -2.12. The number of nitrogens with one attached hydrogen (secondary N) is 1. The summed E-state index contributed by atoms with van der Waals surface area (Å²) in [5.74, 6) is -0.411. The second-order valence-corrected chi connectivity index (χ2v) is 5.70. The van der Waals surface area contributed by atoms with Gasteiger partial charge in [0.05, 0.1) is 19.2 Å². The molecule has 0 bridgehead atoms. The number of methoxy groups -OCH3 is 1. The third-order valence-corrected chi connectivity index (χ3v) is 4.32. The van der Waals surface area contributed by atoms with Gasteiger partial charge in [0.15, 0.2) is 0 Å². The zero-order valence-corrected chi connectivity index (χ0v) is 13.6. The van der Waals surface area contributed by atoms with Crippen LogP contribution in [0.1, 0.15) is 22.7 Å². The maximum Gasteiger partial charge on any atom is 0.144 e. The highest BCUT2D eigenvalue weighted by molar-refractivity contribution is 5.86. The molecule has 3 rings (SSSR count). The third kappa shape index (κ3) is 2.59. The first-order valence-corrected chi connectivity index (χ1v) is 7.70. The summed E-state index contributed by atoms with van der Waals surface area (Å²) in [6.45, 7) is 1.98. The summed E-state index contributed by atoms with van der Waals surface area (Å²) in [6, 6.07) is 19.8. The van der Waals surface area contributed by atoms with Crippen LogP contribution in [-0.2, 0) is 0 Å². The molecule has 0 aliphatic heterocycles. The number of benzene rings is 2. The Bertz CT molecular complexity index is 945. The number of aryl methyl sites for hydroxylation is 1. The van der Waals surface area contributed by atoms with E-state index < -0.39 is 5.92 Å². The SMILES string of the molecule is COc1cccc([C@@H](c2c(C)[nH]c3ccccc23)C(C#N)C#N)c1. The van der Waals surface area contributed by atoms with E-state index in [9.17, 15) is 10.5 Å². The largest absolute Gasteiger partial charge is 0.497 e. The van der Waals surface area contributed by atoms with Gasteiger partial charge < -0.3 is 9.72 Å². The van der Waals surface area contributed by atoms with Crippen LogP contribution in [0.5, 0.6) is 5.75 Å². The van der Waals surface area contributed by atoms with Gasteiger partial charge in [-0.3, -0.25) is 0 Å². The number of hydrogen-bond donors (Lipinski definition) is 1. The first kappa shape index (κ1) is 15.6. The van der Waals surface area contributed by atoms with Crippen molar-refractivity contribution in [2.24, 2.45) is 5.92 Å². The molecule has 4 nitrogen and oxygen atoms in total. The normalized spacial score (nSPS) is 11.9. The average molecular weight is 315 g/mol. The van der Waals surface area contributed by atoms with E-state index in [2.05, 4.69) is 17.1 Å². The van der Waals surface area contributed by atoms with Gasteiger partial charge in [-0.15, -0.1) is 0 Å². The zero-order valence-electron chi connectivity index (χ0n) is 13.6. The van der Waals surface area contributed by atoms with Crippen LogP contribution >= 0.6 is 0 Å². The molecular formula is C20H17N3O. The first-order valence-electron chi connectivity index (χ1n) is 7.70. The number of aromatic nitrogens is 1. The number of rotatable bonds is 4. The van der Waals surface area contributed by atoms with Crippen molar-refractivity contribution in [1.82, 2.24) is 4.98 Å². The Morgan fingerprint density at radius 2 is 1.79 bits per heavy atom. The molecule has 0 saturated heterocycles. The number of fused-ring (bicyclic) bond motifs is 1. The number of ether oxygens (including phenoxy) is 1. The van der Waals surface area contributed by atoms with Crippen LogP contribution in [-0.4, -0.2) is 12.1 Å². The summed E-state index contributed by atoms with van der Waals surface area (Å²) >= 11 is 0. The monoisotopic (exact) mass is 315 g/mol. The lowest BCUT2D eigenvalue weighted by molar-refractivity contribution is 0.414. The van der Waals surface area contributed by atoms with Crippen LogP contribution in [0.3, 0.4) is 0 Å². The molecule has 1 heterocycles. The average Bonchev–Trinajstić information content (AvgIpc) is 2.95. The van der Waals surface area contributed by atoms with E-state index in [4.69, 9.17) is 4.74 Å². The quantitative estimate of drug-likeness (QED) is 0.781. The molecule has 0 aliphatic rings. The molecule has 1 aromatic heterocycles. The molecular weight excluding hydrogens is 298 g/mol. The van der Waals surface area contributed by atoms with Crippen molar-refractivity contribution in [2.45, 2.75) is 12.8 Å². The minimum absolute atomic E-state index is 0.341. The highest BCUT2D eigenvalue weighted by Gasteiger charge is 2.29. The van der Waals surface area contributed by atoms with Crippen molar-refractivity contribution in [3.63, 3.8) is 0 Å². The topological polar surface area (TPSA) is 72.6 Å². The van der Waals surface area contributed by atoms with E-state index >= 15 is 0 Å². The highest BCUT2D eigenvalue weighted by Crippen LogP contribution is 2.39. The zero-order chi connectivity index (χ0) is 17.1. The van der Waals surface area contributed by atoms with Gasteiger partial charge in [0, 0.05) is 22.5 Å². The van der Waals surface area contributed by atoms with Crippen LogP contribution in [0.25, 0.3) is 10.9 Å². The molecule has 0 radical (unpaired) electrons. The van der Waals surface area contributed by atoms with Crippen molar-refractivity contribution in [2.75, 3.05) is 7.11 Å². The fourth-order valence-electron chi connectivity index (χ4n) is 3.24. The molecule has 1 atom stereocenters. The molecule has 0 fully saturated rings. The highest BCUT2D eigenvalue weighted by atomic mass is 16.5. The Hall–Kier alpha value is -3.24. The Morgan fingerprint density at radius 1 is 1.04 bits per heavy atom. The fourth-order valence-corrected chi connectivity index (χ4v) is 3.24. The fraction of sp³-hybridized carbons (Fsp3) is 0.200. The predicted octanol–water partition coefficient (Wildman–Crippen LogP) is 4.28. The molecule has 0 aliphatic carbocycles. The molecule has 2 aromatic carbocycles. The van der Waals surface area contributed by atoms with Gasteiger partial charge in [-0.1, -0.05) is 30.3 Å². The minimum Gasteiger partial charge on any atom is -0.497 e. The van der Waals surface area contributed by atoms with E-state index in [1.807, 2.05) is 55.5 Å². The summed E-state index contributed by atoms with van der Waals surface area (Å²) in [5.41, 5.74) is 3.87. The maximum atomic E-state index is 9.53. The van der Waals surface area contributed by atoms with Gasteiger partial charge in [0.25, 0.3) is 0 Å².